The van der Waals surface area contributed by atoms with E-state index in [2.05, 4.69) is 9.97 Å². The summed E-state index contributed by atoms with van der Waals surface area (Å²) in [6.45, 7) is 5.41. The van der Waals surface area contributed by atoms with Gasteiger partial charge in [-0.2, -0.15) is 0 Å². The van der Waals surface area contributed by atoms with Crippen molar-refractivity contribution >= 4 is 35.6 Å². The molecule has 1 aromatic carbocycles. The Morgan fingerprint density at radius 1 is 1.30 bits per heavy atom. The number of aromatic nitrogens is 2. The summed E-state index contributed by atoms with van der Waals surface area (Å²) in [6.07, 6.45) is 1.45. The highest BCUT2D eigenvalue weighted by Crippen LogP contribution is 2.46. The van der Waals surface area contributed by atoms with Gasteiger partial charge < -0.3 is 4.74 Å². The summed E-state index contributed by atoms with van der Waals surface area (Å²) in [6, 6.07) is 7.43. The average Bonchev–Trinajstić information content (AvgIpc) is 2.50. The van der Waals surface area contributed by atoms with E-state index in [0.29, 0.717) is 22.8 Å². The first-order valence-corrected chi connectivity index (χ1v) is 7.83. The largest absolute Gasteiger partial charge is 0.443 e. The third-order valence-electron chi connectivity index (χ3n) is 2.96. The molecule has 3 rings (SSSR count). The van der Waals surface area contributed by atoms with Gasteiger partial charge in [0.2, 0.25) is 0 Å². The summed E-state index contributed by atoms with van der Waals surface area (Å²) in [4.78, 5) is 34.3. The highest BCUT2D eigenvalue weighted by Gasteiger charge is 2.33. The van der Waals surface area contributed by atoms with Crippen molar-refractivity contribution in [2.75, 3.05) is 4.90 Å². The van der Waals surface area contributed by atoms with Gasteiger partial charge in [-0.05, 0) is 32.9 Å². The van der Waals surface area contributed by atoms with Crippen molar-refractivity contribution in [3.63, 3.8) is 0 Å². The lowest BCUT2D eigenvalue weighted by Gasteiger charge is -2.31. The molecule has 0 saturated heterocycles. The minimum atomic E-state index is -0.632. The van der Waals surface area contributed by atoms with Crippen molar-refractivity contribution in [2.24, 2.45) is 0 Å². The van der Waals surface area contributed by atoms with Crippen LogP contribution in [0.25, 0.3) is 0 Å². The quantitative estimate of drug-likeness (QED) is 0.740. The molecule has 0 fully saturated rings. The van der Waals surface area contributed by atoms with Crippen LogP contribution in [-0.4, -0.2) is 27.9 Å². The summed E-state index contributed by atoms with van der Waals surface area (Å²) in [5.74, 6) is 0.369. The zero-order chi connectivity index (χ0) is 16.6. The maximum Gasteiger partial charge on any atom is 0.420 e. The number of hydrogen-bond acceptors (Lipinski definition) is 6. The molecule has 1 aliphatic rings. The smallest absolute Gasteiger partial charge is 0.420 e. The third-order valence-corrected chi connectivity index (χ3v) is 3.99. The molecule has 0 saturated carbocycles. The molecule has 118 valence electrons. The van der Waals surface area contributed by atoms with Crippen LogP contribution in [0.2, 0.25) is 0 Å². The Morgan fingerprint density at radius 3 is 2.74 bits per heavy atom. The van der Waals surface area contributed by atoms with E-state index in [4.69, 9.17) is 4.74 Å². The van der Waals surface area contributed by atoms with E-state index in [1.807, 2.05) is 24.3 Å². The second-order valence-corrected chi connectivity index (χ2v) is 6.96. The van der Waals surface area contributed by atoms with Crippen LogP contribution >= 0.6 is 11.8 Å². The zero-order valence-corrected chi connectivity index (χ0v) is 13.8. The number of para-hydroxylation sites is 1. The Morgan fingerprint density at radius 2 is 2.04 bits per heavy atom. The number of benzene rings is 1. The molecule has 6 nitrogen and oxygen atoms in total. The van der Waals surface area contributed by atoms with Gasteiger partial charge in [0.05, 0.1) is 11.9 Å². The lowest BCUT2D eigenvalue weighted by Crippen LogP contribution is -2.35. The summed E-state index contributed by atoms with van der Waals surface area (Å²) in [7, 11) is 0. The van der Waals surface area contributed by atoms with E-state index in [0.717, 1.165) is 4.90 Å². The Bertz CT molecular complexity index is 786. The Balaban J connectivity index is 2.11. The zero-order valence-electron chi connectivity index (χ0n) is 12.9. The number of ether oxygens (including phenoxy) is 1. The molecule has 23 heavy (non-hydrogen) atoms. The highest BCUT2D eigenvalue weighted by molar-refractivity contribution is 7.99. The minimum absolute atomic E-state index is 0.222. The molecule has 0 spiro atoms. The predicted molar refractivity (Wildman–Crippen MR) is 86.4 cm³/mol. The van der Waals surface area contributed by atoms with E-state index in [9.17, 15) is 9.59 Å². The standard InChI is InChI=1S/C16H15N3O3S/c1-16(2,3)22-15(21)19-11-6-4-5-7-12(11)23-14-13(19)17-8-10(9-20)18-14/h4-9H,1-3H3. The molecule has 0 bridgehead atoms. The first kappa shape index (κ1) is 15.5. The summed E-state index contributed by atoms with van der Waals surface area (Å²) in [5, 5.41) is 0.499. The monoisotopic (exact) mass is 329 g/mol. The fraction of sp³-hybridized carbons (Fsp3) is 0.250. The molecule has 1 aromatic heterocycles. The van der Waals surface area contributed by atoms with Crippen molar-refractivity contribution in [1.82, 2.24) is 9.97 Å². The van der Waals surface area contributed by atoms with Crippen LogP contribution in [0.4, 0.5) is 16.3 Å². The van der Waals surface area contributed by atoms with Gasteiger partial charge in [-0.15, -0.1) is 0 Å². The van der Waals surface area contributed by atoms with Gasteiger partial charge in [-0.1, -0.05) is 23.9 Å². The van der Waals surface area contributed by atoms with Gasteiger partial charge in [0.25, 0.3) is 0 Å². The number of aldehydes is 1. The summed E-state index contributed by atoms with van der Waals surface area (Å²) >= 11 is 1.37. The lowest BCUT2D eigenvalue weighted by atomic mass is 10.2. The topological polar surface area (TPSA) is 72.4 Å². The number of nitrogens with zero attached hydrogens (tertiary/aromatic N) is 3. The fourth-order valence-corrected chi connectivity index (χ4v) is 3.10. The van der Waals surface area contributed by atoms with Gasteiger partial charge in [0.15, 0.2) is 12.1 Å². The van der Waals surface area contributed by atoms with Crippen LogP contribution < -0.4 is 4.90 Å². The van der Waals surface area contributed by atoms with Gasteiger partial charge in [0.1, 0.15) is 16.3 Å². The minimum Gasteiger partial charge on any atom is -0.443 e. The molecule has 7 heteroatoms. The Labute approximate surface area is 137 Å². The van der Waals surface area contributed by atoms with Crippen molar-refractivity contribution < 1.29 is 14.3 Å². The normalized spacial score (nSPS) is 13.1. The predicted octanol–water partition coefficient (Wildman–Crippen LogP) is 3.83. The van der Waals surface area contributed by atoms with Gasteiger partial charge in [-0.25, -0.2) is 19.7 Å². The number of carbonyl (C=O) groups excluding carboxylic acids is 2. The van der Waals surface area contributed by atoms with E-state index in [1.165, 1.54) is 22.9 Å². The Kier molecular flexibility index (Phi) is 3.81. The molecular formula is C16H15N3O3S. The van der Waals surface area contributed by atoms with E-state index >= 15 is 0 Å². The summed E-state index contributed by atoms with van der Waals surface area (Å²) in [5.41, 5.74) is 0.277. The molecule has 0 aliphatic carbocycles. The van der Waals surface area contributed by atoms with Crippen molar-refractivity contribution in [3.05, 3.63) is 36.2 Å². The lowest BCUT2D eigenvalue weighted by molar-refractivity contribution is 0.0596. The van der Waals surface area contributed by atoms with E-state index in [-0.39, 0.29) is 5.69 Å². The first-order chi connectivity index (χ1) is 10.9. The molecular weight excluding hydrogens is 314 g/mol. The van der Waals surface area contributed by atoms with Gasteiger partial charge in [-0.3, -0.25) is 4.79 Å². The van der Waals surface area contributed by atoms with Crippen LogP contribution in [-0.2, 0) is 4.74 Å². The van der Waals surface area contributed by atoms with Crippen LogP contribution in [0.15, 0.2) is 40.4 Å². The molecule has 0 atom stereocenters. The first-order valence-electron chi connectivity index (χ1n) is 7.01. The number of fused-ring (bicyclic) bond motifs is 2. The van der Waals surface area contributed by atoms with Crippen LogP contribution in [0.1, 0.15) is 31.3 Å². The molecule has 2 aromatic rings. The van der Waals surface area contributed by atoms with E-state index in [1.54, 1.807) is 20.8 Å². The fourth-order valence-electron chi connectivity index (χ4n) is 2.10. The van der Waals surface area contributed by atoms with Crippen molar-refractivity contribution in [1.29, 1.82) is 0 Å². The molecule has 0 N–H and O–H groups in total. The third kappa shape index (κ3) is 3.05. The van der Waals surface area contributed by atoms with Crippen LogP contribution in [0.3, 0.4) is 0 Å². The number of rotatable bonds is 1. The van der Waals surface area contributed by atoms with Crippen LogP contribution in [0, 0.1) is 0 Å². The number of hydrogen-bond donors (Lipinski definition) is 0. The number of anilines is 2. The van der Waals surface area contributed by atoms with Crippen molar-refractivity contribution in [2.45, 2.75) is 36.3 Å². The van der Waals surface area contributed by atoms with Crippen molar-refractivity contribution in [3.8, 4) is 0 Å². The molecule has 0 radical (unpaired) electrons. The SMILES string of the molecule is CC(C)(C)OC(=O)N1c2ccccc2Sc2nc(C=O)cnc21. The summed E-state index contributed by atoms with van der Waals surface area (Å²) < 4.78 is 5.49. The van der Waals surface area contributed by atoms with Gasteiger partial charge in [0, 0.05) is 4.90 Å². The van der Waals surface area contributed by atoms with E-state index < -0.39 is 11.7 Å². The number of amides is 1. The maximum absolute atomic E-state index is 12.7. The van der Waals surface area contributed by atoms with Gasteiger partial charge >= 0.3 is 6.09 Å². The molecule has 1 aliphatic heterocycles. The molecule has 1 amide bonds. The average molecular weight is 329 g/mol. The molecule has 2 heterocycles. The highest BCUT2D eigenvalue weighted by atomic mass is 32.2. The van der Waals surface area contributed by atoms with Crippen LogP contribution in [0.5, 0.6) is 0 Å². The maximum atomic E-state index is 12.7. The second-order valence-electron chi connectivity index (χ2n) is 5.93. The molecule has 0 unspecified atom stereocenters. The second kappa shape index (κ2) is 5.66. The Hall–Kier alpha value is -2.41. The number of carbonyl (C=O) groups is 2.